The van der Waals surface area contributed by atoms with E-state index >= 15 is 0 Å². The van der Waals surface area contributed by atoms with Crippen LogP contribution in [0.1, 0.15) is 5.56 Å². The highest BCUT2D eigenvalue weighted by Gasteiger charge is 2.23. The van der Waals surface area contributed by atoms with Crippen molar-refractivity contribution in [3.63, 3.8) is 0 Å². The molecular formula is C19H14NO+. The largest absolute Gasteiger partial charge is 0.456 e. The molecule has 4 aromatic rings. The van der Waals surface area contributed by atoms with Gasteiger partial charge in [0.15, 0.2) is 12.7 Å². The Bertz CT molecular complexity index is 997. The topological polar surface area (TPSA) is 17.0 Å². The van der Waals surface area contributed by atoms with Gasteiger partial charge in [-0.15, -0.1) is 0 Å². The highest BCUT2D eigenvalue weighted by Crippen LogP contribution is 2.35. The van der Waals surface area contributed by atoms with E-state index in [0.717, 1.165) is 24.1 Å². The maximum atomic E-state index is 6.02. The molecule has 1 aliphatic heterocycles. The van der Waals surface area contributed by atoms with Gasteiger partial charge in [-0.3, -0.25) is 0 Å². The maximum Gasteiger partial charge on any atom is 0.212 e. The first-order chi connectivity index (χ1) is 10.4. The van der Waals surface area contributed by atoms with Gasteiger partial charge in [-0.2, -0.15) is 4.57 Å². The fraction of sp³-hybridized carbons (Fsp3) is 0.105. The van der Waals surface area contributed by atoms with Crippen LogP contribution >= 0.6 is 0 Å². The molecule has 0 radical (unpaired) electrons. The van der Waals surface area contributed by atoms with Crippen LogP contribution in [0.3, 0.4) is 0 Å². The van der Waals surface area contributed by atoms with Crippen LogP contribution in [0, 0.1) is 0 Å². The Morgan fingerprint density at radius 3 is 2.76 bits per heavy atom. The number of pyridine rings is 1. The van der Waals surface area contributed by atoms with E-state index in [-0.39, 0.29) is 0 Å². The van der Waals surface area contributed by atoms with E-state index in [1.54, 1.807) is 0 Å². The van der Waals surface area contributed by atoms with Gasteiger partial charge >= 0.3 is 0 Å². The average molecular weight is 272 g/mol. The van der Waals surface area contributed by atoms with Crippen LogP contribution in [0.25, 0.3) is 33.2 Å². The summed E-state index contributed by atoms with van der Waals surface area (Å²) in [6.07, 6.45) is 3.23. The van der Waals surface area contributed by atoms with Gasteiger partial charge in [-0.05, 0) is 29.8 Å². The van der Waals surface area contributed by atoms with Crippen molar-refractivity contribution >= 4 is 21.9 Å². The van der Waals surface area contributed by atoms with Gasteiger partial charge in [0.1, 0.15) is 11.2 Å². The van der Waals surface area contributed by atoms with E-state index in [1.165, 1.54) is 27.6 Å². The second kappa shape index (κ2) is 3.95. The molecule has 0 unspecified atom stereocenters. The molecule has 2 heteroatoms. The Hall–Kier alpha value is -2.61. The van der Waals surface area contributed by atoms with Gasteiger partial charge in [0.25, 0.3) is 0 Å². The molecule has 0 atom stereocenters. The molecule has 0 aliphatic carbocycles. The molecule has 2 aromatic heterocycles. The Labute approximate surface area is 122 Å². The number of rotatable bonds is 0. The zero-order valence-electron chi connectivity index (χ0n) is 11.5. The summed E-state index contributed by atoms with van der Waals surface area (Å²) in [7, 11) is 0. The van der Waals surface area contributed by atoms with Crippen molar-refractivity contribution in [2.24, 2.45) is 0 Å². The summed E-state index contributed by atoms with van der Waals surface area (Å²) in [5.74, 6) is 0. The summed E-state index contributed by atoms with van der Waals surface area (Å²) in [5, 5.41) is 2.44. The predicted molar refractivity (Wildman–Crippen MR) is 83.1 cm³/mol. The lowest BCUT2D eigenvalue weighted by molar-refractivity contribution is -0.687. The number of fused-ring (bicyclic) bond motifs is 6. The van der Waals surface area contributed by atoms with Gasteiger partial charge < -0.3 is 4.42 Å². The molecule has 21 heavy (non-hydrogen) atoms. The van der Waals surface area contributed by atoms with Crippen molar-refractivity contribution in [2.45, 2.75) is 13.0 Å². The number of furan rings is 1. The van der Waals surface area contributed by atoms with Crippen molar-refractivity contribution in [2.75, 3.05) is 0 Å². The summed E-state index contributed by atoms with van der Waals surface area (Å²) in [4.78, 5) is 0. The minimum absolute atomic E-state index is 0.968. The molecule has 2 nitrogen and oxygen atoms in total. The van der Waals surface area contributed by atoms with E-state index in [4.69, 9.17) is 4.42 Å². The average Bonchev–Trinajstić information content (AvgIpc) is 2.90. The van der Waals surface area contributed by atoms with Crippen molar-refractivity contribution in [1.82, 2.24) is 0 Å². The first-order valence-corrected chi connectivity index (χ1v) is 7.33. The van der Waals surface area contributed by atoms with Gasteiger partial charge in [0.05, 0.1) is 5.56 Å². The van der Waals surface area contributed by atoms with Gasteiger partial charge in [0, 0.05) is 29.3 Å². The zero-order valence-corrected chi connectivity index (χ0v) is 11.5. The molecule has 0 bridgehead atoms. The molecule has 2 aromatic carbocycles. The number of aryl methyl sites for hydroxylation is 2. The highest BCUT2D eigenvalue weighted by molar-refractivity contribution is 6.06. The minimum atomic E-state index is 0.968. The molecule has 3 heterocycles. The lowest BCUT2D eigenvalue weighted by atomic mass is 9.95. The Morgan fingerprint density at radius 2 is 1.76 bits per heavy atom. The Balaban J connectivity index is 1.89. The number of aromatic nitrogens is 1. The molecule has 5 rings (SSSR count). The van der Waals surface area contributed by atoms with Crippen LogP contribution < -0.4 is 4.57 Å². The third-order valence-electron chi connectivity index (χ3n) is 4.44. The molecule has 100 valence electrons. The molecule has 0 amide bonds. The van der Waals surface area contributed by atoms with Crippen LogP contribution in [-0.2, 0) is 13.0 Å². The number of hydrogen-bond acceptors (Lipinski definition) is 1. The smallest absolute Gasteiger partial charge is 0.212 e. The van der Waals surface area contributed by atoms with E-state index in [9.17, 15) is 0 Å². The monoisotopic (exact) mass is 272 g/mol. The summed E-state index contributed by atoms with van der Waals surface area (Å²) in [6, 6.07) is 19.2. The zero-order chi connectivity index (χ0) is 13.8. The predicted octanol–water partition coefficient (Wildman–Crippen LogP) is 4.10. The third-order valence-corrected chi connectivity index (χ3v) is 4.44. The first kappa shape index (κ1) is 11.1. The number of hydrogen-bond donors (Lipinski definition) is 0. The minimum Gasteiger partial charge on any atom is -0.456 e. The Kier molecular flexibility index (Phi) is 2.09. The summed E-state index contributed by atoms with van der Waals surface area (Å²) in [5.41, 5.74) is 5.94. The van der Waals surface area contributed by atoms with Crippen LogP contribution in [0.4, 0.5) is 0 Å². The standard InChI is InChI=1S/C19H14NO/c1-2-7-18-14(5-1)16-11-13-8-10-20-9-4-3-6-17(20)15(13)12-19(16)21-18/h1-7,9,11-12H,8,10H2/q+1. The molecule has 0 saturated heterocycles. The maximum absolute atomic E-state index is 6.02. The second-order valence-electron chi connectivity index (χ2n) is 5.63. The summed E-state index contributed by atoms with van der Waals surface area (Å²) in [6.45, 7) is 1.05. The number of para-hydroxylation sites is 1. The quantitative estimate of drug-likeness (QED) is 0.440. The highest BCUT2D eigenvalue weighted by atomic mass is 16.3. The van der Waals surface area contributed by atoms with E-state index < -0.39 is 0 Å². The normalized spacial score (nSPS) is 13.3. The van der Waals surface area contributed by atoms with Gasteiger partial charge in [-0.1, -0.05) is 18.2 Å². The van der Waals surface area contributed by atoms with Crippen LogP contribution in [0.15, 0.2) is 65.2 Å². The van der Waals surface area contributed by atoms with Crippen molar-refractivity contribution in [1.29, 1.82) is 0 Å². The lowest BCUT2D eigenvalue weighted by Gasteiger charge is -2.14. The second-order valence-corrected chi connectivity index (χ2v) is 5.63. The molecule has 0 spiro atoms. The summed E-state index contributed by atoms with van der Waals surface area (Å²) >= 11 is 0. The molecule has 1 aliphatic rings. The molecular weight excluding hydrogens is 258 g/mol. The fourth-order valence-corrected chi connectivity index (χ4v) is 3.42. The van der Waals surface area contributed by atoms with Crippen molar-refractivity contribution in [3.8, 4) is 11.3 Å². The lowest BCUT2D eigenvalue weighted by Crippen LogP contribution is -2.39. The number of nitrogens with zero attached hydrogens (tertiary/aromatic N) is 1. The van der Waals surface area contributed by atoms with Crippen molar-refractivity contribution < 1.29 is 8.98 Å². The van der Waals surface area contributed by atoms with E-state index in [1.807, 2.05) is 12.1 Å². The third kappa shape index (κ3) is 1.50. The van der Waals surface area contributed by atoms with Gasteiger partial charge in [-0.25, -0.2) is 0 Å². The van der Waals surface area contributed by atoms with E-state index in [2.05, 4.69) is 53.2 Å². The summed E-state index contributed by atoms with van der Waals surface area (Å²) < 4.78 is 8.34. The SMILES string of the molecule is c1cc[n+]2c(c1)-c1cc3oc4ccccc4c3cc1CC2. The van der Waals surface area contributed by atoms with E-state index in [0.29, 0.717) is 0 Å². The molecule has 0 N–H and O–H groups in total. The first-order valence-electron chi connectivity index (χ1n) is 7.33. The molecule has 0 fully saturated rings. The van der Waals surface area contributed by atoms with Crippen molar-refractivity contribution in [3.05, 3.63) is 66.4 Å². The van der Waals surface area contributed by atoms with Crippen LogP contribution in [0.2, 0.25) is 0 Å². The Morgan fingerprint density at radius 1 is 0.857 bits per heavy atom. The molecule has 0 saturated carbocycles. The fourth-order valence-electron chi connectivity index (χ4n) is 3.42. The van der Waals surface area contributed by atoms with Crippen LogP contribution in [0.5, 0.6) is 0 Å². The van der Waals surface area contributed by atoms with Crippen LogP contribution in [-0.4, -0.2) is 0 Å². The number of benzene rings is 2. The van der Waals surface area contributed by atoms with Gasteiger partial charge in [0.2, 0.25) is 5.69 Å².